The van der Waals surface area contributed by atoms with Crippen LogP contribution in [0.3, 0.4) is 0 Å². The van der Waals surface area contributed by atoms with Gasteiger partial charge in [-0.3, -0.25) is 14.8 Å². The third-order valence-electron chi connectivity index (χ3n) is 5.35. The van der Waals surface area contributed by atoms with E-state index in [0.717, 1.165) is 48.6 Å². The third-order valence-corrected chi connectivity index (χ3v) is 5.35. The predicted octanol–water partition coefficient (Wildman–Crippen LogP) is 1.57. The molecule has 142 valence electrons. The van der Waals surface area contributed by atoms with E-state index in [1.54, 1.807) is 11.1 Å². The number of allylic oxidation sites excluding steroid dienone is 2. The summed E-state index contributed by atoms with van der Waals surface area (Å²) in [4.78, 5) is 23.3. The van der Waals surface area contributed by atoms with E-state index in [-0.39, 0.29) is 12.1 Å². The molecular weight excluding hydrogens is 340 g/mol. The minimum Gasteiger partial charge on any atom is -0.356 e. The van der Waals surface area contributed by atoms with Gasteiger partial charge >= 0.3 is 6.03 Å². The summed E-state index contributed by atoms with van der Waals surface area (Å²) in [5.74, 6) is 0.916. The van der Waals surface area contributed by atoms with Crippen molar-refractivity contribution < 1.29 is 4.79 Å². The minimum atomic E-state index is -0.0541. The van der Waals surface area contributed by atoms with Crippen molar-refractivity contribution in [3.8, 4) is 0 Å². The lowest BCUT2D eigenvalue weighted by Gasteiger charge is -2.44. The standard InChI is InChI=1S/C20H26N6O/c21-11-15-4-1-2-5-16(15)12-25-19(24-9-3-6-17(22)13-24)10-18-7-8-23-14-26(18)20(25)27/h1-2,4-5,7-8,10,17H,3,6,9,11-14,21-22H2. The molecule has 0 bridgehead atoms. The lowest BCUT2D eigenvalue weighted by atomic mass is 10.0. The number of nitrogens with zero attached hydrogens (tertiary/aromatic N) is 4. The first-order valence-corrected chi connectivity index (χ1v) is 9.45. The molecule has 1 fully saturated rings. The molecular formula is C20H26N6O. The molecule has 7 heteroatoms. The predicted molar refractivity (Wildman–Crippen MR) is 105 cm³/mol. The van der Waals surface area contributed by atoms with Gasteiger partial charge in [0, 0.05) is 38.0 Å². The van der Waals surface area contributed by atoms with Gasteiger partial charge in [0.15, 0.2) is 0 Å². The number of nitrogens with two attached hydrogens (primary N) is 2. The Kier molecular flexibility index (Phi) is 4.96. The summed E-state index contributed by atoms with van der Waals surface area (Å²) in [6.07, 6.45) is 7.78. The molecule has 0 spiro atoms. The Morgan fingerprint density at radius 2 is 2.04 bits per heavy atom. The van der Waals surface area contributed by atoms with Gasteiger partial charge < -0.3 is 16.4 Å². The number of carbonyl (C=O) groups excluding carboxylic acids is 1. The highest BCUT2D eigenvalue weighted by atomic mass is 16.2. The lowest BCUT2D eigenvalue weighted by Crippen LogP contribution is -2.52. The second kappa shape index (κ2) is 7.54. The number of rotatable bonds is 4. The summed E-state index contributed by atoms with van der Waals surface area (Å²) in [5, 5.41) is 0. The molecule has 27 heavy (non-hydrogen) atoms. The van der Waals surface area contributed by atoms with Crippen LogP contribution in [0.5, 0.6) is 0 Å². The highest BCUT2D eigenvalue weighted by molar-refractivity contribution is 5.85. The van der Waals surface area contributed by atoms with E-state index in [4.69, 9.17) is 11.5 Å². The zero-order chi connectivity index (χ0) is 18.8. The number of urea groups is 1. The summed E-state index contributed by atoms with van der Waals surface area (Å²) in [5.41, 5.74) is 15.1. The molecule has 3 aliphatic rings. The van der Waals surface area contributed by atoms with Crippen LogP contribution in [-0.4, -0.2) is 52.7 Å². The maximum atomic E-state index is 13.3. The Morgan fingerprint density at radius 3 is 2.81 bits per heavy atom. The van der Waals surface area contributed by atoms with Crippen LogP contribution in [0.25, 0.3) is 0 Å². The molecule has 3 heterocycles. The van der Waals surface area contributed by atoms with Gasteiger partial charge in [-0.1, -0.05) is 24.3 Å². The topological polar surface area (TPSA) is 91.2 Å². The van der Waals surface area contributed by atoms with Crippen LogP contribution in [0.1, 0.15) is 24.0 Å². The Balaban J connectivity index is 1.71. The van der Waals surface area contributed by atoms with Crippen LogP contribution in [-0.2, 0) is 13.1 Å². The number of hydrogen-bond donors (Lipinski definition) is 2. The van der Waals surface area contributed by atoms with Crippen LogP contribution >= 0.6 is 0 Å². The molecule has 0 radical (unpaired) electrons. The molecule has 1 unspecified atom stereocenters. The first-order valence-electron chi connectivity index (χ1n) is 9.45. The van der Waals surface area contributed by atoms with Crippen molar-refractivity contribution in [2.45, 2.75) is 32.0 Å². The molecule has 1 aromatic rings. The molecule has 1 saturated heterocycles. The van der Waals surface area contributed by atoms with E-state index in [9.17, 15) is 4.79 Å². The molecule has 7 nitrogen and oxygen atoms in total. The average Bonchev–Trinajstić information content (AvgIpc) is 2.70. The molecule has 0 saturated carbocycles. The Bertz CT molecular complexity index is 814. The minimum absolute atomic E-state index is 0.0541. The quantitative estimate of drug-likeness (QED) is 0.846. The molecule has 4 rings (SSSR count). The monoisotopic (exact) mass is 366 g/mol. The molecule has 3 aliphatic heterocycles. The molecule has 2 amide bonds. The fourth-order valence-electron chi connectivity index (χ4n) is 3.89. The first-order chi connectivity index (χ1) is 13.2. The summed E-state index contributed by atoms with van der Waals surface area (Å²) in [6.45, 7) is 2.95. The summed E-state index contributed by atoms with van der Waals surface area (Å²) >= 11 is 0. The van der Waals surface area contributed by atoms with Crippen LogP contribution in [0.2, 0.25) is 0 Å². The average molecular weight is 366 g/mol. The van der Waals surface area contributed by atoms with Gasteiger partial charge in [-0.25, -0.2) is 4.79 Å². The van der Waals surface area contributed by atoms with Crippen LogP contribution in [0.4, 0.5) is 4.79 Å². The van der Waals surface area contributed by atoms with E-state index in [2.05, 4.69) is 16.0 Å². The van der Waals surface area contributed by atoms with Crippen molar-refractivity contribution in [3.63, 3.8) is 0 Å². The second-order valence-electron chi connectivity index (χ2n) is 7.19. The number of amides is 2. The molecule has 1 atom stereocenters. The van der Waals surface area contributed by atoms with Crippen molar-refractivity contribution in [3.05, 3.63) is 59.1 Å². The normalized spacial score (nSPS) is 22.5. The SMILES string of the molecule is NCc1ccccc1CN1C(=O)N2CN=CC=C2C=C1N1CCCC(N)C1. The maximum Gasteiger partial charge on any atom is 0.331 e. The largest absolute Gasteiger partial charge is 0.356 e. The van der Waals surface area contributed by atoms with Crippen LogP contribution in [0.15, 0.2) is 52.9 Å². The molecule has 0 aliphatic carbocycles. The highest BCUT2D eigenvalue weighted by Gasteiger charge is 2.35. The van der Waals surface area contributed by atoms with Gasteiger partial charge in [-0.15, -0.1) is 0 Å². The van der Waals surface area contributed by atoms with Crippen LogP contribution in [0, 0.1) is 0 Å². The van der Waals surface area contributed by atoms with Crippen molar-refractivity contribution in [2.24, 2.45) is 16.5 Å². The van der Waals surface area contributed by atoms with Gasteiger partial charge in [-0.05, 0) is 30.0 Å². The smallest absolute Gasteiger partial charge is 0.331 e. The molecule has 1 aromatic carbocycles. The van der Waals surface area contributed by atoms with E-state index in [0.29, 0.717) is 19.8 Å². The van der Waals surface area contributed by atoms with Crippen molar-refractivity contribution in [2.75, 3.05) is 19.8 Å². The first kappa shape index (κ1) is 17.8. The number of benzene rings is 1. The van der Waals surface area contributed by atoms with E-state index in [1.807, 2.05) is 35.2 Å². The van der Waals surface area contributed by atoms with Gasteiger partial charge in [0.1, 0.15) is 12.5 Å². The highest BCUT2D eigenvalue weighted by Crippen LogP contribution is 2.29. The number of carbonyl (C=O) groups is 1. The number of hydrogen-bond acceptors (Lipinski definition) is 5. The van der Waals surface area contributed by atoms with Crippen molar-refractivity contribution >= 4 is 12.2 Å². The van der Waals surface area contributed by atoms with Crippen molar-refractivity contribution in [1.82, 2.24) is 14.7 Å². The summed E-state index contributed by atoms with van der Waals surface area (Å²) in [7, 11) is 0. The zero-order valence-corrected chi connectivity index (χ0v) is 15.4. The second-order valence-corrected chi connectivity index (χ2v) is 7.19. The number of piperidine rings is 1. The Labute approximate surface area is 159 Å². The maximum absolute atomic E-state index is 13.3. The van der Waals surface area contributed by atoms with Gasteiger partial charge in [0.2, 0.25) is 0 Å². The Hall–Kier alpha value is -2.64. The van der Waals surface area contributed by atoms with E-state index in [1.165, 1.54) is 0 Å². The fraction of sp³-hybridized carbons (Fsp3) is 0.400. The van der Waals surface area contributed by atoms with Gasteiger partial charge in [0.25, 0.3) is 0 Å². The zero-order valence-electron chi connectivity index (χ0n) is 15.4. The van der Waals surface area contributed by atoms with Gasteiger partial charge in [-0.2, -0.15) is 0 Å². The van der Waals surface area contributed by atoms with Crippen molar-refractivity contribution in [1.29, 1.82) is 0 Å². The van der Waals surface area contributed by atoms with E-state index < -0.39 is 0 Å². The third kappa shape index (κ3) is 3.48. The van der Waals surface area contributed by atoms with E-state index >= 15 is 0 Å². The summed E-state index contributed by atoms with van der Waals surface area (Å²) < 4.78 is 0. The molecule has 0 aromatic heterocycles. The number of fused-ring (bicyclic) bond motifs is 1. The number of aliphatic imine (C=N–C) groups is 1. The Morgan fingerprint density at radius 1 is 1.22 bits per heavy atom. The summed E-state index contributed by atoms with van der Waals surface area (Å²) in [6, 6.07) is 8.09. The molecule has 4 N–H and O–H groups in total. The van der Waals surface area contributed by atoms with Gasteiger partial charge in [0.05, 0.1) is 12.2 Å². The van der Waals surface area contributed by atoms with Crippen LogP contribution < -0.4 is 11.5 Å². The number of likely N-dealkylation sites (tertiary alicyclic amines) is 1. The fourth-order valence-corrected chi connectivity index (χ4v) is 3.89. The lowest BCUT2D eigenvalue weighted by molar-refractivity contribution is 0.135.